The zero-order chi connectivity index (χ0) is 18.1. The van der Waals surface area contributed by atoms with Gasteiger partial charge in [0.15, 0.2) is 5.65 Å². The van der Waals surface area contributed by atoms with Crippen LogP contribution in [0.5, 0.6) is 0 Å². The van der Waals surface area contributed by atoms with Crippen LogP contribution in [0.3, 0.4) is 0 Å². The van der Waals surface area contributed by atoms with Crippen molar-refractivity contribution in [1.29, 1.82) is 0 Å². The summed E-state index contributed by atoms with van der Waals surface area (Å²) in [5, 5.41) is 5.48. The molecule has 1 saturated carbocycles. The van der Waals surface area contributed by atoms with E-state index >= 15 is 0 Å². The average Bonchev–Trinajstić information content (AvgIpc) is 3.32. The fourth-order valence-electron chi connectivity index (χ4n) is 4.30. The number of rotatable bonds is 5. The van der Waals surface area contributed by atoms with Crippen molar-refractivity contribution in [3.05, 3.63) is 12.0 Å². The van der Waals surface area contributed by atoms with E-state index in [2.05, 4.69) is 28.9 Å². The Balaban J connectivity index is 1.61. The van der Waals surface area contributed by atoms with Crippen molar-refractivity contribution in [3.63, 3.8) is 0 Å². The van der Waals surface area contributed by atoms with Crippen molar-refractivity contribution >= 4 is 16.9 Å². The van der Waals surface area contributed by atoms with Crippen LogP contribution in [0.1, 0.15) is 44.3 Å². The first-order chi connectivity index (χ1) is 12.6. The molecule has 0 N–H and O–H groups in total. The Hall–Kier alpha value is -1.73. The van der Waals surface area contributed by atoms with E-state index in [1.807, 2.05) is 17.9 Å². The molecule has 2 fully saturated rings. The summed E-state index contributed by atoms with van der Waals surface area (Å²) < 4.78 is 7.36. The minimum absolute atomic E-state index is 0.459. The molecule has 142 valence electrons. The van der Waals surface area contributed by atoms with Crippen LogP contribution < -0.4 is 4.90 Å². The van der Waals surface area contributed by atoms with Crippen molar-refractivity contribution in [2.75, 3.05) is 44.8 Å². The number of hydrogen-bond donors (Lipinski definition) is 0. The molecule has 1 aliphatic carbocycles. The van der Waals surface area contributed by atoms with Crippen molar-refractivity contribution in [2.24, 2.45) is 7.05 Å². The molecule has 26 heavy (non-hydrogen) atoms. The number of fused-ring (bicyclic) bond motifs is 1. The number of aromatic nitrogens is 4. The van der Waals surface area contributed by atoms with Crippen LogP contribution in [0.2, 0.25) is 0 Å². The fraction of sp³-hybridized carbons (Fsp3) is 0.737. The first-order valence-corrected chi connectivity index (χ1v) is 9.86. The third-order valence-corrected chi connectivity index (χ3v) is 5.88. The summed E-state index contributed by atoms with van der Waals surface area (Å²) in [6, 6.07) is 0.459. The number of ether oxygens (including phenoxy) is 1. The highest BCUT2D eigenvalue weighted by Gasteiger charge is 2.25. The molecule has 0 bridgehead atoms. The molecule has 7 nitrogen and oxygen atoms in total. The number of nitrogens with zero attached hydrogens (tertiary/aromatic N) is 6. The molecule has 0 amide bonds. The number of likely N-dealkylation sites (N-methyl/N-ethyl adjacent to an activating group) is 1. The Labute approximate surface area is 155 Å². The van der Waals surface area contributed by atoms with Crippen molar-refractivity contribution < 1.29 is 4.74 Å². The molecule has 1 atom stereocenters. The second-order valence-electron chi connectivity index (χ2n) is 7.77. The van der Waals surface area contributed by atoms with Gasteiger partial charge in [-0.05, 0) is 19.8 Å². The Kier molecular flexibility index (Phi) is 5.09. The Bertz CT molecular complexity index is 748. The smallest absolute Gasteiger partial charge is 0.163 e. The van der Waals surface area contributed by atoms with Gasteiger partial charge in [-0.3, -0.25) is 9.58 Å². The quantitative estimate of drug-likeness (QED) is 0.816. The second-order valence-corrected chi connectivity index (χ2v) is 7.77. The molecule has 1 aliphatic heterocycles. The molecular weight excluding hydrogens is 328 g/mol. The number of morpholine rings is 1. The zero-order valence-electron chi connectivity index (χ0n) is 16.2. The molecular formula is C19H30N6O. The van der Waals surface area contributed by atoms with Crippen LogP contribution in [-0.2, 0) is 11.8 Å². The van der Waals surface area contributed by atoms with Gasteiger partial charge in [0, 0.05) is 45.7 Å². The van der Waals surface area contributed by atoms with Gasteiger partial charge in [0.25, 0.3) is 0 Å². The molecule has 1 unspecified atom stereocenters. The van der Waals surface area contributed by atoms with Crippen LogP contribution in [-0.4, -0.2) is 70.6 Å². The number of anilines is 1. The highest BCUT2D eigenvalue weighted by atomic mass is 16.5. The highest BCUT2D eigenvalue weighted by molar-refractivity contribution is 5.86. The first-order valence-electron chi connectivity index (χ1n) is 9.86. The van der Waals surface area contributed by atoms with E-state index in [1.54, 1.807) is 0 Å². The Morgan fingerprint density at radius 1 is 1.23 bits per heavy atom. The molecule has 0 spiro atoms. The van der Waals surface area contributed by atoms with Crippen molar-refractivity contribution in [3.8, 4) is 0 Å². The lowest BCUT2D eigenvalue weighted by Gasteiger charge is -2.35. The summed E-state index contributed by atoms with van der Waals surface area (Å²) in [6.07, 6.45) is 6.89. The van der Waals surface area contributed by atoms with E-state index < -0.39 is 0 Å². The topological polar surface area (TPSA) is 59.3 Å². The summed E-state index contributed by atoms with van der Waals surface area (Å²) in [5.41, 5.74) is 0.947. The molecule has 7 heteroatoms. The molecule has 0 aromatic carbocycles. The van der Waals surface area contributed by atoms with Gasteiger partial charge in [-0.25, -0.2) is 9.97 Å². The zero-order valence-corrected chi connectivity index (χ0v) is 16.2. The average molecular weight is 358 g/mol. The van der Waals surface area contributed by atoms with Crippen LogP contribution in [0.25, 0.3) is 11.0 Å². The van der Waals surface area contributed by atoms with Gasteiger partial charge >= 0.3 is 0 Å². The van der Waals surface area contributed by atoms with E-state index in [0.717, 1.165) is 55.5 Å². The summed E-state index contributed by atoms with van der Waals surface area (Å²) in [6.45, 7) is 6.91. The largest absolute Gasteiger partial charge is 0.379 e. The molecule has 2 aliphatic rings. The number of aryl methyl sites for hydroxylation is 1. The first kappa shape index (κ1) is 17.7. The predicted molar refractivity (Wildman–Crippen MR) is 103 cm³/mol. The maximum atomic E-state index is 5.49. The molecule has 4 rings (SSSR count). The molecule has 0 radical (unpaired) electrons. The van der Waals surface area contributed by atoms with Gasteiger partial charge in [-0.15, -0.1) is 0 Å². The monoisotopic (exact) mass is 358 g/mol. The number of hydrogen-bond acceptors (Lipinski definition) is 6. The standard InChI is InChI=1S/C19H30N6O/c1-14(25-8-10-26-11-9-25)13-23(2)18-16-12-20-24(3)19(16)22-17(21-18)15-6-4-5-7-15/h12,14-15H,4-11,13H2,1-3H3. The third kappa shape index (κ3) is 3.42. The summed E-state index contributed by atoms with van der Waals surface area (Å²) in [4.78, 5) is 14.7. The highest BCUT2D eigenvalue weighted by Crippen LogP contribution is 2.34. The van der Waals surface area contributed by atoms with E-state index in [9.17, 15) is 0 Å². The van der Waals surface area contributed by atoms with Gasteiger partial charge in [-0.1, -0.05) is 12.8 Å². The van der Waals surface area contributed by atoms with Gasteiger partial charge in [0.1, 0.15) is 11.6 Å². The van der Waals surface area contributed by atoms with Gasteiger partial charge in [0.2, 0.25) is 0 Å². The third-order valence-electron chi connectivity index (χ3n) is 5.88. The lowest BCUT2D eigenvalue weighted by Crippen LogP contribution is -2.47. The SMILES string of the molecule is CC(CN(C)c1nc(C2CCCC2)nc2c1cnn2C)N1CCOCC1. The van der Waals surface area contributed by atoms with E-state index in [4.69, 9.17) is 14.7 Å². The fourth-order valence-corrected chi connectivity index (χ4v) is 4.30. The van der Waals surface area contributed by atoms with Crippen LogP contribution in [0.15, 0.2) is 6.20 Å². The van der Waals surface area contributed by atoms with E-state index in [0.29, 0.717) is 12.0 Å². The van der Waals surface area contributed by atoms with E-state index in [-0.39, 0.29) is 0 Å². The second kappa shape index (κ2) is 7.48. The maximum Gasteiger partial charge on any atom is 0.163 e. The van der Waals surface area contributed by atoms with Crippen molar-refractivity contribution in [2.45, 2.75) is 44.6 Å². The van der Waals surface area contributed by atoms with Crippen molar-refractivity contribution in [1.82, 2.24) is 24.6 Å². The maximum absolute atomic E-state index is 5.49. The van der Waals surface area contributed by atoms with Gasteiger partial charge in [0.05, 0.1) is 24.8 Å². The van der Waals surface area contributed by atoms with Gasteiger partial charge in [-0.2, -0.15) is 5.10 Å². The van der Waals surface area contributed by atoms with Gasteiger partial charge < -0.3 is 9.64 Å². The molecule has 2 aromatic rings. The summed E-state index contributed by atoms with van der Waals surface area (Å²) >= 11 is 0. The summed E-state index contributed by atoms with van der Waals surface area (Å²) in [7, 11) is 4.11. The molecule has 1 saturated heterocycles. The Morgan fingerprint density at radius 3 is 2.69 bits per heavy atom. The molecule has 2 aromatic heterocycles. The normalized spacial score (nSPS) is 20.7. The minimum Gasteiger partial charge on any atom is -0.379 e. The van der Waals surface area contributed by atoms with Crippen LogP contribution in [0.4, 0.5) is 5.82 Å². The minimum atomic E-state index is 0.459. The summed E-state index contributed by atoms with van der Waals surface area (Å²) in [5.74, 6) is 2.52. The van der Waals surface area contributed by atoms with Crippen LogP contribution in [0, 0.1) is 0 Å². The predicted octanol–water partition coefficient (Wildman–Crippen LogP) is 2.18. The Morgan fingerprint density at radius 2 is 1.96 bits per heavy atom. The lowest BCUT2D eigenvalue weighted by molar-refractivity contribution is 0.0218. The molecule has 3 heterocycles. The van der Waals surface area contributed by atoms with Crippen LogP contribution >= 0.6 is 0 Å². The lowest BCUT2D eigenvalue weighted by atomic mass is 10.1. The van der Waals surface area contributed by atoms with E-state index in [1.165, 1.54) is 25.7 Å².